The number of amides is 1. The fourth-order valence-electron chi connectivity index (χ4n) is 3.35. The Kier molecular flexibility index (Phi) is 6.21. The number of carbonyl (C=O) groups excluding carboxylic acids is 1. The highest BCUT2D eigenvalue weighted by atomic mass is 32.2. The van der Waals surface area contributed by atoms with Crippen LogP contribution in [0.1, 0.15) is 24.8 Å². The van der Waals surface area contributed by atoms with Gasteiger partial charge >= 0.3 is 0 Å². The summed E-state index contributed by atoms with van der Waals surface area (Å²) in [6, 6.07) is 16.2. The Morgan fingerprint density at radius 2 is 1.67 bits per heavy atom. The van der Waals surface area contributed by atoms with Crippen molar-refractivity contribution < 1.29 is 13.2 Å². The van der Waals surface area contributed by atoms with Gasteiger partial charge in [0.25, 0.3) is 0 Å². The van der Waals surface area contributed by atoms with Gasteiger partial charge in [0.05, 0.1) is 11.3 Å². The zero-order chi connectivity index (χ0) is 21.0. The van der Waals surface area contributed by atoms with Crippen LogP contribution in [0.25, 0.3) is 10.6 Å². The van der Waals surface area contributed by atoms with Crippen LogP contribution in [0.2, 0.25) is 0 Å². The quantitative estimate of drug-likeness (QED) is 0.630. The van der Waals surface area contributed by atoms with Crippen LogP contribution in [0.4, 0.5) is 5.13 Å². The number of carbonyl (C=O) groups is 1. The van der Waals surface area contributed by atoms with Crippen molar-refractivity contribution in [1.82, 2.24) is 14.5 Å². The van der Waals surface area contributed by atoms with Gasteiger partial charge in [-0.1, -0.05) is 60.2 Å². The average molecular weight is 443 g/mol. The van der Waals surface area contributed by atoms with Crippen molar-refractivity contribution in [2.45, 2.75) is 30.6 Å². The van der Waals surface area contributed by atoms with E-state index in [4.69, 9.17) is 0 Å². The second kappa shape index (κ2) is 9.03. The predicted octanol–water partition coefficient (Wildman–Crippen LogP) is 3.56. The number of piperidine rings is 1. The van der Waals surface area contributed by atoms with Gasteiger partial charge in [0.15, 0.2) is 0 Å². The highest BCUT2D eigenvalue weighted by Crippen LogP contribution is 2.26. The van der Waals surface area contributed by atoms with Crippen LogP contribution >= 0.6 is 11.3 Å². The number of nitrogens with one attached hydrogen (secondary N) is 1. The molecule has 30 heavy (non-hydrogen) atoms. The summed E-state index contributed by atoms with van der Waals surface area (Å²) < 4.78 is 27.0. The lowest BCUT2D eigenvalue weighted by Gasteiger charge is -2.25. The first kappa shape index (κ1) is 20.6. The van der Waals surface area contributed by atoms with Crippen molar-refractivity contribution in [3.8, 4) is 10.6 Å². The van der Waals surface area contributed by atoms with E-state index in [2.05, 4.69) is 15.5 Å². The molecule has 1 amide bonds. The Morgan fingerprint density at radius 1 is 0.967 bits per heavy atom. The summed E-state index contributed by atoms with van der Waals surface area (Å²) in [4.78, 5) is 12.6. The molecule has 0 unspecified atom stereocenters. The van der Waals surface area contributed by atoms with Crippen molar-refractivity contribution >= 4 is 32.4 Å². The number of hydrogen-bond donors (Lipinski definition) is 1. The second-order valence-corrected chi connectivity index (χ2v) is 10.0. The Labute approximate surface area is 179 Å². The molecule has 2 aromatic carbocycles. The van der Waals surface area contributed by atoms with Gasteiger partial charge in [-0.25, -0.2) is 8.42 Å². The van der Waals surface area contributed by atoms with Gasteiger partial charge in [0.1, 0.15) is 5.01 Å². The first-order valence-corrected chi connectivity index (χ1v) is 12.1. The minimum Gasteiger partial charge on any atom is -0.300 e. The maximum Gasteiger partial charge on any atom is 0.243 e. The lowest BCUT2D eigenvalue weighted by Crippen LogP contribution is -2.35. The topological polar surface area (TPSA) is 92.3 Å². The molecule has 156 valence electrons. The van der Waals surface area contributed by atoms with Crippen molar-refractivity contribution in [3.63, 3.8) is 0 Å². The SMILES string of the molecule is O=C(Cc1ccc(S(=O)(=O)N2CCCCC2)cc1)Nc1nnc(-c2ccccc2)s1. The van der Waals surface area contributed by atoms with E-state index in [1.165, 1.54) is 15.6 Å². The third kappa shape index (κ3) is 4.75. The lowest BCUT2D eigenvalue weighted by molar-refractivity contribution is -0.115. The van der Waals surface area contributed by atoms with E-state index in [0.29, 0.717) is 18.2 Å². The number of hydrogen-bond acceptors (Lipinski definition) is 6. The Hall–Kier alpha value is -2.62. The summed E-state index contributed by atoms with van der Waals surface area (Å²) >= 11 is 1.31. The molecule has 0 radical (unpaired) electrons. The highest BCUT2D eigenvalue weighted by molar-refractivity contribution is 7.89. The van der Waals surface area contributed by atoms with E-state index in [0.717, 1.165) is 35.4 Å². The number of benzene rings is 2. The summed E-state index contributed by atoms with van der Waals surface area (Å²) in [7, 11) is -3.46. The van der Waals surface area contributed by atoms with E-state index < -0.39 is 10.0 Å². The normalized spacial score (nSPS) is 15.1. The predicted molar refractivity (Wildman–Crippen MR) is 117 cm³/mol. The van der Waals surface area contributed by atoms with Crippen molar-refractivity contribution in [1.29, 1.82) is 0 Å². The molecule has 4 rings (SSSR count). The maximum atomic E-state index is 12.7. The van der Waals surface area contributed by atoms with E-state index in [-0.39, 0.29) is 17.2 Å². The molecule has 1 fully saturated rings. The number of anilines is 1. The summed E-state index contributed by atoms with van der Waals surface area (Å²) in [5, 5.41) is 12.1. The van der Waals surface area contributed by atoms with Crippen LogP contribution in [0.3, 0.4) is 0 Å². The van der Waals surface area contributed by atoms with Gasteiger partial charge < -0.3 is 5.32 Å². The Balaban J connectivity index is 1.38. The smallest absolute Gasteiger partial charge is 0.243 e. The monoisotopic (exact) mass is 442 g/mol. The molecule has 1 saturated heterocycles. The van der Waals surface area contributed by atoms with Gasteiger partial charge in [-0.2, -0.15) is 4.31 Å². The molecular formula is C21H22N4O3S2. The van der Waals surface area contributed by atoms with Crippen molar-refractivity contribution in [2.24, 2.45) is 0 Å². The first-order valence-electron chi connectivity index (χ1n) is 9.80. The molecule has 1 aromatic heterocycles. The second-order valence-electron chi connectivity index (χ2n) is 7.11. The van der Waals surface area contributed by atoms with Gasteiger partial charge in [-0.15, -0.1) is 10.2 Å². The molecule has 2 heterocycles. The van der Waals surface area contributed by atoms with Crippen molar-refractivity contribution in [2.75, 3.05) is 18.4 Å². The van der Waals surface area contributed by atoms with Gasteiger partial charge in [0.2, 0.25) is 21.1 Å². The zero-order valence-electron chi connectivity index (χ0n) is 16.3. The van der Waals surface area contributed by atoms with Crippen LogP contribution in [0, 0.1) is 0 Å². The first-order chi connectivity index (χ1) is 14.5. The van der Waals surface area contributed by atoms with E-state index in [9.17, 15) is 13.2 Å². The molecule has 1 N–H and O–H groups in total. The molecule has 0 saturated carbocycles. The van der Waals surface area contributed by atoms with Crippen LogP contribution in [0.15, 0.2) is 59.5 Å². The standard InChI is InChI=1S/C21H22N4O3S2/c26-19(22-21-24-23-20(29-21)17-7-3-1-4-8-17)15-16-9-11-18(12-10-16)30(27,28)25-13-5-2-6-14-25/h1,3-4,7-12H,2,5-6,13-15H2,(H,22,24,26). The van der Waals surface area contributed by atoms with E-state index >= 15 is 0 Å². The fraction of sp³-hybridized carbons (Fsp3) is 0.286. The van der Waals surface area contributed by atoms with E-state index in [1.807, 2.05) is 30.3 Å². The summed E-state index contributed by atoms with van der Waals surface area (Å²) in [5.74, 6) is -0.225. The lowest BCUT2D eigenvalue weighted by atomic mass is 10.1. The Bertz CT molecular complexity index is 1110. The van der Waals surface area contributed by atoms with Gasteiger partial charge in [-0.3, -0.25) is 4.79 Å². The van der Waals surface area contributed by atoms with Gasteiger partial charge in [-0.05, 0) is 30.5 Å². The molecule has 3 aromatic rings. The molecule has 9 heteroatoms. The molecular weight excluding hydrogens is 420 g/mol. The molecule has 7 nitrogen and oxygen atoms in total. The minimum absolute atomic E-state index is 0.129. The molecule has 0 atom stereocenters. The van der Waals surface area contributed by atoms with Crippen LogP contribution in [-0.2, 0) is 21.2 Å². The number of rotatable bonds is 6. The van der Waals surface area contributed by atoms with Gasteiger partial charge in [0, 0.05) is 18.7 Å². The van der Waals surface area contributed by atoms with Crippen LogP contribution < -0.4 is 5.32 Å². The molecule has 0 aliphatic carbocycles. The molecule has 0 spiro atoms. The van der Waals surface area contributed by atoms with Crippen LogP contribution in [0.5, 0.6) is 0 Å². The maximum absolute atomic E-state index is 12.7. The summed E-state index contributed by atoms with van der Waals surface area (Å²) in [6.07, 6.45) is 3.00. The minimum atomic E-state index is -3.46. The highest BCUT2D eigenvalue weighted by Gasteiger charge is 2.25. The number of aromatic nitrogens is 2. The fourth-order valence-corrected chi connectivity index (χ4v) is 5.64. The summed E-state index contributed by atoms with van der Waals surface area (Å²) in [6.45, 7) is 1.14. The largest absolute Gasteiger partial charge is 0.300 e. The molecule has 1 aliphatic rings. The van der Waals surface area contributed by atoms with E-state index in [1.54, 1.807) is 24.3 Å². The number of sulfonamides is 1. The molecule has 0 bridgehead atoms. The van der Waals surface area contributed by atoms with Crippen molar-refractivity contribution in [3.05, 3.63) is 60.2 Å². The average Bonchev–Trinajstić information content (AvgIpc) is 3.24. The summed E-state index contributed by atoms with van der Waals surface area (Å²) in [5.41, 5.74) is 1.68. The third-order valence-electron chi connectivity index (χ3n) is 4.93. The molecule has 1 aliphatic heterocycles. The third-order valence-corrected chi connectivity index (χ3v) is 7.73. The zero-order valence-corrected chi connectivity index (χ0v) is 18.0. The number of nitrogens with zero attached hydrogens (tertiary/aromatic N) is 3. The van der Waals surface area contributed by atoms with Crippen LogP contribution in [-0.4, -0.2) is 41.9 Å². The Morgan fingerprint density at radius 3 is 2.37 bits per heavy atom.